The van der Waals surface area contributed by atoms with E-state index in [4.69, 9.17) is 0 Å². The van der Waals surface area contributed by atoms with Crippen LogP contribution in [0.5, 0.6) is 0 Å². The Morgan fingerprint density at radius 3 is 2.26 bits per heavy atom. The van der Waals surface area contributed by atoms with Crippen LogP contribution in [0.1, 0.15) is 41.7 Å². The van der Waals surface area contributed by atoms with E-state index in [1.54, 1.807) is 25.7 Å². The predicted octanol–water partition coefficient (Wildman–Crippen LogP) is 6.04. The summed E-state index contributed by atoms with van der Waals surface area (Å²) in [7, 11) is 1.73. The average Bonchev–Trinajstić information content (AvgIpc) is 2.74. The minimum atomic E-state index is 0.413. The molecule has 5 heteroatoms. The molecule has 0 bridgehead atoms. The summed E-state index contributed by atoms with van der Waals surface area (Å²) in [4.78, 5) is 19.6. The van der Waals surface area contributed by atoms with Crippen LogP contribution in [0.15, 0.2) is 81.5 Å². The quantitative estimate of drug-likeness (QED) is 0.421. The summed E-state index contributed by atoms with van der Waals surface area (Å²) in [5.74, 6) is 1.84. The summed E-state index contributed by atoms with van der Waals surface area (Å²) in [5, 5.41) is 0. The van der Waals surface area contributed by atoms with Crippen LogP contribution < -0.4 is 4.90 Å². The second kappa shape index (κ2) is 11.0. The van der Waals surface area contributed by atoms with Gasteiger partial charge in [-0.15, -0.1) is 0 Å². The Hall–Kier alpha value is -3.60. The van der Waals surface area contributed by atoms with E-state index in [1.807, 2.05) is 49.9 Å². The molecular weight excluding hydrogens is 382 g/mol. The fraction of sp³-hybridized carbons (Fsp3) is 0.231. The Balaban J connectivity index is 2.30. The summed E-state index contributed by atoms with van der Waals surface area (Å²) in [5.41, 5.74) is 6.38. The SMILES string of the molecule is C=CN(C(C)=NC(=C)N=Cc1cc(C(N=CC)=NC)ccc1C)c1c(C)cccc1C. The van der Waals surface area contributed by atoms with Gasteiger partial charge in [0.2, 0.25) is 0 Å². The van der Waals surface area contributed by atoms with E-state index in [2.05, 4.69) is 59.1 Å². The highest BCUT2D eigenvalue weighted by Crippen LogP contribution is 2.25. The molecule has 0 aliphatic carbocycles. The van der Waals surface area contributed by atoms with Crippen LogP contribution in [0.3, 0.4) is 0 Å². The van der Waals surface area contributed by atoms with Crippen LogP contribution in [-0.2, 0) is 0 Å². The van der Waals surface area contributed by atoms with E-state index in [0.29, 0.717) is 11.7 Å². The fourth-order valence-corrected chi connectivity index (χ4v) is 3.29. The molecule has 0 N–H and O–H groups in total. The van der Waals surface area contributed by atoms with Gasteiger partial charge in [0, 0.05) is 31.2 Å². The molecule has 31 heavy (non-hydrogen) atoms. The number of aryl methyl sites for hydroxylation is 3. The highest BCUT2D eigenvalue weighted by Gasteiger charge is 2.12. The molecule has 2 rings (SSSR count). The maximum atomic E-state index is 4.59. The lowest BCUT2D eigenvalue weighted by atomic mass is 10.1. The average molecular weight is 414 g/mol. The predicted molar refractivity (Wildman–Crippen MR) is 136 cm³/mol. The number of para-hydroxylation sites is 1. The van der Waals surface area contributed by atoms with Gasteiger partial charge < -0.3 is 4.90 Å². The van der Waals surface area contributed by atoms with Crippen LogP contribution in [0, 0.1) is 20.8 Å². The molecule has 0 aliphatic heterocycles. The second-order valence-corrected chi connectivity index (χ2v) is 7.13. The largest absolute Gasteiger partial charge is 0.306 e. The summed E-state index contributed by atoms with van der Waals surface area (Å²) >= 11 is 0. The molecule has 0 unspecified atom stereocenters. The van der Waals surface area contributed by atoms with E-state index in [0.717, 1.165) is 39.3 Å². The number of rotatable bonds is 6. The molecule has 0 radical (unpaired) electrons. The summed E-state index contributed by atoms with van der Waals surface area (Å²) in [6.07, 6.45) is 5.27. The van der Waals surface area contributed by atoms with Gasteiger partial charge in [-0.1, -0.05) is 43.5 Å². The number of anilines is 1. The number of benzene rings is 2. The van der Waals surface area contributed by atoms with Crippen molar-refractivity contribution in [2.45, 2.75) is 34.6 Å². The van der Waals surface area contributed by atoms with Crippen LogP contribution in [0.2, 0.25) is 0 Å². The van der Waals surface area contributed by atoms with Gasteiger partial charge in [-0.25, -0.2) is 15.0 Å². The lowest BCUT2D eigenvalue weighted by molar-refractivity contribution is 1.19. The highest BCUT2D eigenvalue weighted by molar-refractivity contribution is 6.04. The van der Waals surface area contributed by atoms with Gasteiger partial charge in [-0.3, -0.25) is 4.99 Å². The number of amidine groups is 2. The van der Waals surface area contributed by atoms with Gasteiger partial charge in [0.15, 0.2) is 5.84 Å². The Bertz CT molecular complexity index is 1070. The molecular formula is C26H31N5. The topological polar surface area (TPSA) is 52.7 Å². The van der Waals surface area contributed by atoms with Crippen molar-refractivity contribution in [2.75, 3.05) is 11.9 Å². The number of nitrogens with zero attached hydrogens (tertiary/aromatic N) is 5. The van der Waals surface area contributed by atoms with Gasteiger partial charge in [0.25, 0.3) is 0 Å². The minimum absolute atomic E-state index is 0.413. The van der Waals surface area contributed by atoms with Crippen molar-refractivity contribution in [1.29, 1.82) is 0 Å². The van der Waals surface area contributed by atoms with Gasteiger partial charge >= 0.3 is 0 Å². The Kier molecular flexibility index (Phi) is 8.38. The first kappa shape index (κ1) is 23.7. The van der Waals surface area contributed by atoms with E-state index >= 15 is 0 Å². The highest BCUT2D eigenvalue weighted by atomic mass is 15.2. The van der Waals surface area contributed by atoms with Crippen LogP contribution in [-0.4, -0.2) is 31.1 Å². The van der Waals surface area contributed by atoms with E-state index in [9.17, 15) is 0 Å². The third-order valence-corrected chi connectivity index (χ3v) is 4.86. The van der Waals surface area contributed by atoms with Crippen molar-refractivity contribution in [3.63, 3.8) is 0 Å². The molecule has 2 aromatic carbocycles. The molecule has 0 fully saturated rings. The van der Waals surface area contributed by atoms with E-state index in [-0.39, 0.29) is 0 Å². The summed E-state index contributed by atoms with van der Waals surface area (Å²) in [6, 6.07) is 12.2. The standard InChI is InChI=1S/C26H31N5/c1-9-28-26(27-8)23-15-14-18(3)24(16-23)17-29-21(6)30-22(7)31(10-2)25-19(4)12-11-13-20(25)5/h9-17H,2,6H2,1,3-5,7-8H3. The molecule has 0 aliphatic rings. The molecule has 2 aromatic rings. The number of hydrogen-bond donors (Lipinski definition) is 0. The molecule has 0 saturated carbocycles. The molecule has 0 saturated heterocycles. The lowest BCUT2D eigenvalue weighted by Gasteiger charge is -2.23. The van der Waals surface area contributed by atoms with Crippen molar-refractivity contribution in [2.24, 2.45) is 20.0 Å². The van der Waals surface area contributed by atoms with Crippen molar-refractivity contribution in [3.05, 3.63) is 89.4 Å². The van der Waals surface area contributed by atoms with Gasteiger partial charge in [-0.2, -0.15) is 0 Å². The molecule has 0 amide bonds. The van der Waals surface area contributed by atoms with Gasteiger partial charge in [-0.05, 0) is 62.9 Å². The van der Waals surface area contributed by atoms with Crippen molar-refractivity contribution in [3.8, 4) is 0 Å². The third-order valence-electron chi connectivity index (χ3n) is 4.86. The van der Waals surface area contributed by atoms with E-state index in [1.165, 1.54) is 0 Å². The maximum absolute atomic E-state index is 4.59. The van der Waals surface area contributed by atoms with Crippen LogP contribution in [0.4, 0.5) is 5.69 Å². The zero-order valence-electron chi connectivity index (χ0n) is 19.3. The monoisotopic (exact) mass is 413 g/mol. The number of hydrogen-bond acceptors (Lipinski definition) is 3. The molecule has 0 atom stereocenters. The number of aliphatic imine (C=N–C) groups is 4. The first-order valence-electron chi connectivity index (χ1n) is 10.1. The van der Waals surface area contributed by atoms with Crippen molar-refractivity contribution < 1.29 is 0 Å². The lowest BCUT2D eigenvalue weighted by Crippen LogP contribution is -2.23. The first-order chi connectivity index (χ1) is 14.8. The van der Waals surface area contributed by atoms with Crippen LogP contribution >= 0.6 is 0 Å². The zero-order valence-corrected chi connectivity index (χ0v) is 19.3. The maximum Gasteiger partial charge on any atom is 0.153 e. The summed E-state index contributed by atoms with van der Waals surface area (Å²) < 4.78 is 0. The fourth-order valence-electron chi connectivity index (χ4n) is 3.29. The normalized spacial score (nSPS) is 12.6. The molecule has 0 aromatic heterocycles. The molecule has 0 heterocycles. The molecule has 0 spiro atoms. The van der Waals surface area contributed by atoms with Gasteiger partial charge in [0.1, 0.15) is 11.7 Å². The first-order valence-corrected chi connectivity index (χ1v) is 10.1. The Morgan fingerprint density at radius 1 is 1.00 bits per heavy atom. The molecule has 160 valence electrons. The third kappa shape index (κ3) is 5.95. The van der Waals surface area contributed by atoms with Crippen molar-refractivity contribution >= 4 is 29.8 Å². The zero-order chi connectivity index (χ0) is 23.0. The van der Waals surface area contributed by atoms with Crippen LogP contribution in [0.25, 0.3) is 0 Å². The van der Waals surface area contributed by atoms with Crippen molar-refractivity contribution in [1.82, 2.24) is 0 Å². The Morgan fingerprint density at radius 2 is 1.68 bits per heavy atom. The summed E-state index contributed by atoms with van der Waals surface area (Å²) in [6.45, 7) is 17.9. The second-order valence-electron chi connectivity index (χ2n) is 7.13. The smallest absolute Gasteiger partial charge is 0.153 e. The minimum Gasteiger partial charge on any atom is -0.306 e. The Labute approximate surface area is 186 Å². The van der Waals surface area contributed by atoms with Gasteiger partial charge in [0.05, 0.1) is 5.69 Å². The molecule has 5 nitrogen and oxygen atoms in total. The van der Waals surface area contributed by atoms with E-state index < -0.39 is 0 Å².